The maximum Gasteiger partial charge on any atom is 0.127 e. The van der Waals surface area contributed by atoms with Crippen molar-refractivity contribution in [1.82, 2.24) is 0 Å². The van der Waals surface area contributed by atoms with Gasteiger partial charge in [-0.05, 0) is 67.9 Å². The van der Waals surface area contributed by atoms with Crippen LogP contribution in [0.25, 0.3) is 0 Å². The van der Waals surface area contributed by atoms with Crippen molar-refractivity contribution in [3.8, 4) is 11.5 Å². The van der Waals surface area contributed by atoms with E-state index in [-0.39, 0.29) is 5.60 Å². The Morgan fingerprint density at radius 2 is 1.68 bits per heavy atom. The summed E-state index contributed by atoms with van der Waals surface area (Å²) in [6, 6.07) is 18.2. The molecule has 2 nitrogen and oxygen atoms in total. The molecule has 0 amide bonds. The van der Waals surface area contributed by atoms with E-state index >= 15 is 0 Å². The molecule has 2 heteroatoms. The van der Waals surface area contributed by atoms with Crippen LogP contribution in [0.15, 0.2) is 54.6 Å². The molecule has 4 rings (SSSR count). The molecule has 2 aromatic rings. The first-order valence-electron chi connectivity index (χ1n) is 8.27. The molecule has 0 heterocycles. The summed E-state index contributed by atoms with van der Waals surface area (Å²) in [5, 5.41) is 0. The van der Waals surface area contributed by atoms with Gasteiger partial charge in [0.2, 0.25) is 0 Å². The summed E-state index contributed by atoms with van der Waals surface area (Å²) in [6.07, 6.45) is 6.48. The minimum Gasteiger partial charge on any atom is -0.457 e. The van der Waals surface area contributed by atoms with Gasteiger partial charge in [-0.2, -0.15) is 0 Å². The SMILES string of the molecule is c1ccc(Oc2cccc(COC34CCC(CC3)C4)c2)cc1. The number of hydrogen-bond acceptors (Lipinski definition) is 2. The Kier molecular flexibility index (Phi) is 3.63. The van der Waals surface area contributed by atoms with Crippen LogP contribution < -0.4 is 4.74 Å². The Hall–Kier alpha value is -1.80. The molecular weight excluding hydrogens is 272 g/mol. The lowest BCUT2D eigenvalue weighted by atomic mass is 9.97. The van der Waals surface area contributed by atoms with Gasteiger partial charge in [0.1, 0.15) is 11.5 Å². The molecule has 0 N–H and O–H groups in total. The van der Waals surface area contributed by atoms with Crippen molar-refractivity contribution in [2.75, 3.05) is 0 Å². The van der Waals surface area contributed by atoms with Crippen LogP contribution in [-0.4, -0.2) is 5.60 Å². The molecule has 2 saturated carbocycles. The van der Waals surface area contributed by atoms with E-state index in [0.717, 1.165) is 17.4 Å². The first-order chi connectivity index (χ1) is 10.8. The van der Waals surface area contributed by atoms with E-state index in [2.05, 4.69) is 12.1 Å². The van der Waals surface area contributed by atoms with Crippen LogP contribution in [0.5, 0.6) is 11.5 Å². The minimum atomic E-state index is 0.182. The topological polar surface area (TPSA) is 18.5 Å². The second-order valence-corrected chi connectivity index (χ2v) is 6.68. The number of ether oxygens (including phenoxy) is 2. The van der Waals surface area contributed by atoms with Crippen molar-refractivity contribution in [3.63, 3.8) is 0 Å². The van der Waals surface area contributed by atoms with Gasteiger partial charge >= 0.3 is 0 Å². The van der Waals surface area contributed by atoms with Crippen LogP contribution in [0.1, 0.15) is 37.7 Å². The molecule has 2 aliphatic carbocycles. The smallest absolute Gasteiger partial charge is 0.127 e. The zero-order valence-electron chi connectivity index (χ0n) is 12.8. The molecule has 0 saturated heterocycles. The van der Waals surface area contributed by atoms with E-state index in [1.165, 1.54) is 37.7 Å². The van der Waals surface area contributed by atoms with Crippen LogP contribution in [0.2, 0.25) is 0 Å². The van der Waals surface area contributed by atoms with Gasteiger partial charge in [-0.1, -0.05) is 30.3 Å². The van der Waals surface area contributed by atoms with Gasteiger partial charge in [0.05, 0.1) is 12.2 Å². The van der Waals surface area contributed by atoms with Crippen molar-refractivity contribution in [2.24, 2.45) is 5.92 Å². The summed E-state index contributed by atoms with van der Waals surface area (Å²) in [5.41, 5.74) is 1.37. The molecule has 0 radical (unpaired) electrons. The third-order valence-electron chi connectivity index (χ3n) is 5.10. The normalized spacial score (nSPS) is 26.3. The molecule has 0 aromatic heterocycles. The van der Waals surface area contributed by atoms with Gasteiger partial charge in [0.15, 0.2) is 0 Å². The number of benzene rings is 2. The van der Waals surface area contributed by atoms with E-state index in [9.17, 15) is 0 Å². The Bertz CT molecular complexity index is 627. The number of rotatable bonds is 5. The second kappa shape index (κ2) is 5.77. The fourth-order valence-electron chi connectivity index (χ4n) is 3.90. The second-order valence-electron chi connectivity index (χ2n) is 6.68. The summed E-state index contributed by atoms with van der Waals surface area (Å²) >= 11 is 0. The number of hydrogen-bond donors (Lipinski definition) is 0. The maximum atomic E-state index is 6.32. The van der Waals surface area contributed by atoms with Crippen LogP contribution in [0, 0.1) is 5.92 Å². The van der Waals surface area contributed by atoms with Crippen LogP contribution in [0.4, 0.5) is 0 Å². The van der Waals surface area contributed by atoms with E-state index in [4.69, 9.17) is 9.47 Å². The van der Waals surface area contributed by atoms with E-state index in [0.29, 0.717) is 6.61 Å². The van der Waals surface area contributed by atoms with Crippen molar-refractivity contribution in [3.05, 3.63) is 60.2 Å². The average Bonchev–Trinajstić information content (AvgIpc) is 3.16. The Morgan fingerprint density at radius 3 is 2.41 bits per heavy atom. The van der Waals surface area contributed by atoms with Gasteiger partial charge in [-0.3, -0.25) is 0 Å². The Labute approximate surface area is 132 Å². The van der Waals surface area contributed by atoms with Gasteiger partial charge in [0.25, 0.3) is 0 Å². The minimum absolute atomic E-state index is 0.182. The number of para-hydroxylation sites is 1. The molecule has 0 unspecified atom stereocenters. The molecule has 2 aliphatic rings. The fraction of sp³-hybridized carbons (Fsp3) is 0.400. The molecule has 2 aromatic carbocycles. The van der Waals surface area contributed by atoms with Crippen LogP contribution in [-0.2, 0) is 11.3 Å². The molecule has 2 bridgehead atoms. The first kappa shape index (κ1) is 13.8. The molecule has 2 fully saturated rings. The average molecular weight is 294 g/mol. The predicted octanol–water partition coefficient (Wildman–Crippen LogP) is 5.33. The molecular formula is C20H22O2. The first-order valence-corrected chi connectivity index (χ1v) is 8.27. The Morgan fingerprint density at radius 1 is 0.909 bits per heavy atom. The summed E-state index contributed by atoms with van der Waals surface area (Å²) in [6.45, 7) is 0.693. The monoisotopic (exact) mass is 294 g/mol. The molecule has 0 spiro atoms. The highest BCUT2D eigenvalue weighted by Gasteiger charge is 2.45. The van der Waals surface area contributed by atoms with Gasteiger partial charge in [-0.15, -0.1) is 0 Å². The predicted molar refractivity (Wildman–Crippen MR) is 87.1 cm³/mol. The van der Waals surface area contributed by atoms with Crippen LogP contribution >= 0.6 is 0 Å². The summed E-state index contributed by atoms with van der Waals surface area (Å²) in [4.78, 5) is 0. The van der Waals surface area contributed by atoms with Gasteiger partial charge in [-0.25, -0.2) is 0 Å². The lowest BCUT2D eigenvalue weighted by Crippen LogP contribution is -2.26. The molecule has 0 aliphatic heterocycles. The van der Waals surface area contributed by atoms with E-state index in [1.807, 2.05) is 42.5 Å². The molecule has 22 heavy (non-hydrogen) atoms. The fourth-order valence-corrected chi connectivity index (χ4v) is 3.90. The molecule has 0 atom stereocenters. The number of fused-ring (bicyclic) bond motifs is 2. The zero-order valence-corrected chi connectivity index (χ0v) is 12.8. The third-order valence-corrected chi connectivity index (χ3v) is 5.10. The standard InChI is InChI=1S/C20H22O2/c1-2-6-18(7-3-1)22-19-8-4-5-17(13-19)15-21-20-11-9-16(14-20)10-12-20/h1-8,13,16H,9-12,14-15H2. The summed E-state index contributed by atoms with van der Waals surface area (Å²) in [7, 11) is 0. The van der Waals surface area contributed by atoms with Crippen molar-refractivity contribution >= 4 is 0 Å². The quantitative estimate of drug-likeness (QED) is 0.742. The van der Waals surface area contributed by atoms with Crippen molar-refractivity contribution in [1.29, 1.82) is 0 Å². The van der Waals surface area contributed by atoms with Crippen molar-refractivity contribution < 1.29 is 9.47 Å². The van der Waals surface area contributed by atoms with E-state index in [1.54, 1.807) is 0 Å². The maximum absolute atomic E-state index is 6.32. The highest BCUT2D eigenvalue weighted by atomic mass is 16.5. The van der Waals surface area contributed by atoms with Crippen LogP contribution in [0.3, 0.4) is 0 Å². The van der Waals surface area contributed by atoms with Gasteiger partial charge < -0.3 is 9.47 Å². The molecule has 114 valence electrons. The van der Waals surface area contributed by atoms with Gasteiger partial charge in [0, 0.05) is 0 Å². The lowest BCUT2D eigenvalue weighted by Gasteiger charge is -2.27. The zero-order chi connectivity index (χ0) is 14.8. The summed E-state index contributed by atoms with van der Waals surface area (Å²) < 4.78 is 12.2. The Balaban J connectivity index is 1.41. The third kappa shape index (κ3) is 2.89. The van der Waals surface area contributed by atoms with Crippen molar-refractivity contribution in [2.45, 2.75) is 44.3 Å². The highest BCUT2D eigenvalue weighted by molar-refractivity contribution is 5.33. The lowest BCUT2D eigenvalue weighted by molar-refractivity contribution is -0.0484. The van der Waals surface area contributed by atoms with E-state index < -0.39 is 0 Å². The largest absolute Gasteiger partial charge is 0.457 e. The summed E-state index contributed by atoms with van der Waals surface area (Å²) in [5.74, 6) is 2.67. The highest BCUT2D eigenvalue weighted by Crippen LogP contribution is 2.50.